The Hall–Kier alpha value is -1.99. The van der Waals surface area contributed by atoms with Gasteiger partial charge in [-0.15, -0.1) is 0 Å². The molecule has 1 heterocycles. The highest BCUT2D eigenvalue weighted by atomic mass is 79.9. The monoisotopic (exact) mass is 437 g/mol. The number of amides is 1. The lowest BCUT2D eigenvalue weighted by molar-refractivity contribution is 0.0935. The van der Waals surface area contributed by atoms with E-state index in [0.29, 0.717) is 10.0 Å². The second-order valence-corrected chi connectivity index (χ2v) is 7.73. The van der Waals surface area contributed by atoms with Crippen molar-refractivity contribution in [1.82, 2.24) is 10.2 Å². The van der Waals surface area contributed by atoms with Gasteiger partial charge in [0.1, 0.15) is 11.6 Å². The van der Waals surface area contributed by atoms with E-state index in [1.54, 1.807) is 13.0 Å². The lowest BCUT2D eigenvalue weighted by Crippen LogP contribution is -2.45. The van der Waals surface area contributed by atoms with Crippen LogP contribution in [-0.4, -0.2) is 44.0 Å². The van der Waals surface area contributed by atoms with Crippen LogP contribution >= 0.6 is 15.9 Å². The number of piperazine rings is 1. The van der Waals surface area contributed by atoms with Gasteiger partial charge in [0, 0.05) is 41.9 Å². The molecule has 0 unspecified atom stereocenters. The first kappa shape index (κ1) is 19.8. The highest BCUT2D eigenvalue weighted by Gasteiger charge is 2.22. The Morgan fingerprint density at radius 3 is 2.52 bits per heavy atom. The highest BCUT2D eigenvalue weighted by molar-refractivity contribution is 9.10. The first-order chi connectivity index (χ1) is 12.8. The average Bonchev–Trinajstić information content (AvgIpc) is 2.64. The number of carbonyl (C=O) groups is 1. The summed E-state index contributed by atoms with van der Waals surface area (Å²) in [5, 5.41) is 2.79. The molecule has 7 heteroatoms. The van der Waals surface area contributed by atoms with E-state index >= 15 is 0 Å². The fourth-order valence-corrected chi connectivity index (χ4v) is 3.59. The molecule has 1 atom stereocenters. The minimum absolute atomic E-state index is 0.0474. The maximum absolute atomic E-state index is 14.0. The molecular formula is C20H22BrF2N3O. The van der Waals surface area contributed by atoms with Gasteiger partial charge in [-0.25, -0.2) is 8.78 Å². The normalized spacial score (nSPS) is 16.3. The number of rotatable bonds is 4. The van der Waals surface area contributed by atoms with Gasteiger partial charge in [0.15, 0.2) is 0 Å². The molecular weight excluding hydrogens is 416 g/mol. The predicted molar refractivity (Wildman–Crippen MR) is 106 cm³/mol. The van der Waals surface area contributed by atoms with Gasteiger partial charge in [-0.05, 0) is 50.4 Å². The van der Waals surface area contributed by atoms with Gasteiger partial charge in [-0.1, -0.05) is 15.9 Å². The van der Waals surface area contributed by atoms with Crippen LogP contribution in [-0.2, 0) is 0 Å². The lowest BCUT2D eigenvalue weighted by Gasteiger charge is -2.36. The summed E-state index contributed by atoms with van der Waals surface area (Å²) in [4.78, 5) is 17.0. The minimum atomic E-state index is -0.596. The van der Waals surface area contributed by atoms with Crippen molar-refractivity contribution in [3.05, 3.63) is 63.6 Å². The number of anilines is 1. The van der Waals surface area contributed by atoms with Gasteiger partial charge >= 0.3 is 0 Å². The summed E-state index contributed by atoms with van der Waals surface area (Å²) in [6.45, 7) is 5.27. The number of halogens is 3. The quantitative estimate of drug-likeness (QED) is 0.785. The molecule has 0 bridgehead atoms. The van der Waals surface area contributed by atoms with Crippen LogP contribution in [0.25, 0.3) is 0 Å². The van der Waals surface area contributed by atoms with Crippen molar-refractivity contribution >= 4 is 27.5 Å². The van der Waals surface area contributed by atoms with Crippen LogP contribution in [0.3, 0.4) is 0 Å². The largest absolute Gasteiger partial charge is 0.369 e. The Morgan fingerprint density at radius 1 is 1.11 bits per heavy atom. The highest BCUT2D eigenvalue weighted by Crippen LogP contribution is 2.29. The van der Waals surface area contributed by atoms with Crippen molar-refractivity contribution in [2.75, 3.05) is 38.1 Å². The molecule has 27 heavy (non-hydrogen) atoms. The summed E-state index contributed by atoms with van der Waals surface area (Å²) in [6, 6.07) is 8.36. The van der Waals surface area contributed by atoms with Crippen LogP contribution in [0.15, 0.2) is 40.9 Å². The fraction of sp³-hybridized carbons (Fsp3) is 0.350. The summed E-state index contributed by atoms with van der Waals surface area (Å²) in [7, 11) is 2.07. The summed E-state index contributed by atoms with van der Waals surface area (Å²) in [6.07, 6.45) is 0. The maximum atomic E-state index is 14.0. The van der Waals surface area contributed by atoms with Gasteiger partial charge < -0.3 is 15.1 Å². The number of carbonyl (C=O) groups excluding carboxylic acids is 1. The molecule has 4 nitrogen and oxygen atoms in total. The van der Waals surface area contributed by atoms with E-state index in [9.17, 15) is 13.6 Å². The third-order valence-electron chi connectivity index (χ3n) is 4.82. The Kier molecular flexibility index (Phi) is 6.11. The van der Waals surface area contributed by atoms with Gasteiger partial charge in [0.05, 0.1) is 11.6 Å². The predicted octanol–water partition coefficient (Wildman–Crippen LogP) is 3.97. The maximum Gasteiger partial charge on any atom is 0.254 e. The molecule has 2 aromatic carbocycles. The second kappa shape index (κ2) is 8.35. The van der Waals surface area contributed by atoms with Crippen molar-refractivity contribution in [2.45, 2.75) is 13.0 Å². The molecule has 3 rings (SSSR count). The lowest BCUT2D eigenvalue weighted by atomic mass is 10.0. The van der Waals surface area contributed by atoms with E-state index in [-0.39, 0.29) is 11.4 Å². The smallest absolute Gasteiger partial charge is 0.254 e. The standard InChI is InChI=1S/C20H22BrF2N3O/c1-13(24-20(27)17-11-14(21)3-5-18(17)23)16-12-15(22)4-6-19(16)26-9-7-25(2)8-10-26/h3-6,11-13H,7-10H2,1-2H3,(H,24,27)/t13-/m1/s1. The average molecular weight is 438 g/mol. The Labute approximate surface area is 166 Å². The molecule has 1 saturated heterocycles. The molecule has 2 aromatic rings. The van der Waals surface area contributed by atoms with Gasteiger partial charge in [-0.3, -0.25) is 4.79 Å². The van der Waals surface area contributed by atoms with Crippen LogP contribution in [0.2, 0.25) is 0 Å². The molecule has 1 aliphatic rings. The fourth-order valence-electron chi connectivity index (χ4n) is 3.23. The molecule has 144 valence electrons. The number of likely N-dealkylation sites (N-methyl/N-ethyl adjacent to an activating group) is 1. The van der Waals surface area contributed by atoms with Crippen molar-refractivity contribution in [3.63, 3.8) is 0 Å². The zero-order chi connectivity index (χ0) is 19.6. The second-order valence-electron chi connectivity index (χ2n) is 6.81. The third kappa shape index (κ3) is 4.65. The van der Waals surface area contributed by atoms with E-state index in [0.717, 1.165) is 31.9 Å². The number of benzene rings is 2. The summed E-state index contributed by atoms with van der Waals surface area (Å²) >= 11 is 3.25. The first-order valence-electron chi connectivity index (χ1n) is 8.84. The molecule has 0 aliphatic carbocycles. The van der Waals surface area contributed by atoms with Crippen molar-refractivity contribution < 1.29 is 13.6 Å². The zero-order valence-electron chi connectivity index (χ0n) is 15.3. The van der Waals surface area contributed by atoms with E-state index < -0.39 is 17.8 Å². The van der Waals surface area contributed by atoms with Crippen molar-refractivity contribution in [3.8, 4) is 0 Å². The van der Waals surface area contributed by atoms with Crippen LogP contribution in [0, 0.1) is 11.6 Å². The molecule has 1 fully saturated rings. The molecule has 0 spiro atoms. The van der Waals surface area contributed by atoms with Gasteiger partial charge in [0.2, 0.25) is 0 Å². The minimum Gasteiger partial charge on any atom is -0.369 e. The molecule has 1 aliphatic heterocycles. The molecule has 1 N–H and O–H groups in total. The van der Waals surface area contributed by atoms with Gasteiger partial charge in [-0.2, -0.15) is 0 Å². The van der Waals surface area contributed by atoms with E-state index in [2.05, 4.69) is 38.1 Å². The number of hydrogen-bond donors (Lipinski definition) is 1. The van der Waals surface area contributed by atoms with Crippen LogP contribution in [0.1, 0.15) is 28.9 Å². The molecule has 1 amide bonds. The van der Waals surface area contributed by atoms with Crippen LogP contribution in [0.5, 0.6) is 0 Å². The summed E-state index contributed by atoms with van der Waals surface area (Å²) < 4.78 is 28.5. The zero-order valence-corrected chi connectivity index (χ0v) is 16.9. The Balaban J connectivity index is 1.83. The Morgan fingerprint density at radius 2 is 1.81 bits per heavy atom. The van der Waals surface area contributed by atoms with Crippen molar-refractivity contribution in [2.24, 2.45) is 0 Å². The van der Waals surface area contributed by atoms with Gasteiger partial charge in [0.25, 0.3) is 5.91 Å². The first-order valence-corrected chi connectivity index (χ1v) is 9.63. The summed E-state index contributed by atoms with van der Waals surface area (Å²) in [5.74, 6) is -1.49. The van der Waals surface area contributed by atoms with E-state index in [1.165, 1.54) is 30.3 Å². The third-order valence-corrected chi connectivity index (χ3v) is 5.31. The summed E-state index contributed by atoms with van der Waals surface area (Å²) in [5.41, 5.74) is 1.53. The van der Waals surface area contributed by atoms with Crippen LogP contribution < -0.4 is 10.2 Å². The SMILES string of the molecule is C[C@@H](NC(=O)c1cc(Br)ccc1F)c1cc(F)ccc1N1CCN(C)CC1. The number of nitrogens with one attached hydrogen (secondary N) is 1. The topological polar surface area (TPSA) is 35.6 Å². The molecule has 0 aromatic heterocycles. The van der Waals surface area contributed by atoms with E-state index in [4.69, 9.17) is 0 Å². The van der Waals surface area contributed by atoms with E-state index in [1.807, 2.05) is 0 Å². The van der Waals surface area contributed by atoms with Crippen LogP contribution in [0.4, 0.5) is 14.5 Å². The number of nitrogens with zero attached hydrogens (tertiary/aromatic N) is 2. The molecule has 0 radical (unpaired) electrons. The van der Waals surface area contributed by atoms with Crippen molar-refractivity contribution in [1.29, 1.82) is 0 Å². The number of hydrogen-bond acceptors (Lipinski definition) is 3. The Bertz CT molecular complexity index is 838. The molecule has 0 saturated carbocycles.